The molecular weight excluding hydrogens is 324 g/mol. The Morgan fingerprint density at radius 2 is 1.87 bits per heavy atom. The number of oxazole rings is 1. The van der Waals surface area contributed by atoms with Crippen molar-refractivity contribution in [1.82, 2.24) is 4.98 Å². The van der Waals surface area contributed by atoms with Gasteiger partial charge in [0.2, 0.25) is 5.89 Å². The van der Waals surface area contributed by atoms with Crippen molar-refractivity contribution >= 4 is 33.6 Å². The summed E-state index contributed by atoms with van der Waals surface area (Å²) in [6, 6.07) is 18.3. The fourth-order valence-corrected chi connectivity index (χ4v) is 4.25. The topological polar surface area (TPSA) is 38.4 Å². The Kier molecular flexibility index (Phi) is 4.22. The summed E-state index contributed by atoms with van der Waals surface area (Å²) in [4.78, 5) is 9.27. The number of aromatic nitrogens is 1. The molecule has 2 heterocycles. The van der Waals surface area contributed by atoms with E-state index in [0.29, 0.717) is 5.89 Å². The second-order valence-electron chi connectivity index (χ2n) is 5.09. The number of para-hydroxylation sites is 1. The van der Waals surface area contributed by atoms with Crippen LogP contribution in [-0.4, -0.2) is 9.36 Å². The quantitative estimate of drug-likeness (QED) is 0.631. The Balaban J connectivity index is 1.44. The Morgan fingerprint density at radius 1 is 1.04 bits per heavy atom. The van der Waals surface area contributed by atoms with E-state index in [0.717, 1.165) is 32.8 Å². The highest BCUT2D eigenvalue weighted by atomic mass is 32.2. The van der Waals surface area contributed by atoms with E-state index in [-0.39, 0.29) is 0 Å². The number of fused-ring (bicyclic) bond motifs is 1. The smallest absolute Gasteiger partial charge is 0.226 e. The lowest BCUT2D eigenvalue weighted by molar-refractivity contribution is 0.573. The number of rotatable bonds is 3. The first-order valence-corrected chi connectivity index (χ1v) is 9.27. The number of thioether (sulfide) groups is 2. The SMILES string of the molecule is c1ccc(-c2nc(CSC3=Nc4ccccc4CS3)co2)cc1. The van der Waals surface area contributed by atoms with E-state index < -0.39 is 0 Å². The molecule has 0 radical (unpaired) electrons. The highest BCUT2D eigenvalue weighted by molar-refractivity contribution is 8.38. The van der Waals surface area contributed by atoms with Crippen molar-refractivity contribution < 1.29 is 4.42 Å². The molecule has 0 spiro atoms. The molecule has 23 heavy (non-hydrogen) atoms. The van der Waals surface area contributed by atoms with Crippen molar-refractivity contribution in [3.8, 4) is 11.5 Å². The standard InChI is InChI=1S/C18H14N2OS2/c1-2-6-13(7-3-1)17-19-15(10-21-17)12-23-18-20-16-9-5-4-8-14(16)11-22-18/h1-10H,11-12H2. The molecule has 0 saturated heterocycles. The summed E-state index contributed by atoms with van der Waals surface area (Å²) >= 11 is 3.50. The van der Waals surface area contributed by atoms with Crippen LogP contribution in [-0.2, 0) is 11.5 Å². The van der Waals surface area contributed by atoms with Gasteiger partial charge in [-0.2, -0.15) is 0 Å². The van der Waals surface area contributed by atoms with Crippen LogP contribution in [0.5, 0.6) is 0 Å². The molecule has 114 valence electrons. The van der Waals surface area contributed by atoms with Crippen LogP contribution >= 0.6 is 23.5 Å². The van der Waals surface area contributed by atoms with E-state index in [1.54, 1.807) is 29.8 Å². The molecule has 0 atom stereocenters. The molecule has 2 aromatic carbocycles. The summed E-state index contributed by atoms with van der Waals surface area (Å²) in [6.07, 6.45) is 1.73. The first-order chi connectivity index (χ1) is 11.4. The number of hydrogen-bond donors (Lipinski definition) is 0. The monoisotopic (exact) mass is 338 g/mol. The minimum absolute atomic E-state index is 0.671. The van der Waals surface area contributed by atoms with Crippen LogP contribution in [0.25, 0.3) is 11.5 Å². The predicted octanol–water partition coefficient (Wildman–Crippen LogP) is 5.51. The van der Waals surface area contributed by atoms with Crippen molar-refractivity contribution in [1.29, 1.82) is 0 Å². The van der Waals surface area contributed by atoms with Crippen LogP contribution in [0.1, 0.15) is 11.3 Å². The van der Waals surface area contributed by atoms with Gasteiger partial charge >= 0.3 is 0 Å². The van der Waals surface area contributed by atoms with Gasteiger partial charge in [-0.3, -0.25) is 0 Å². The summed E-state index contributed by atoms with van der Waals surface area (Å²) in [5.74, 6) is 2.42. The van der Waals surface area contributed by atoms with Gasteiger partial charge in [0.1, 0.15) is 10.6 Å². The van der Waals surface area contributed by atoms with E-state index >= 15 is 0 Å². The molecule has 0 amide bonds. The fraction of sp³-hybridized carbons (Fsp3) is 0.111. The molecule has 0 N–H and O–H groups in total. The Bertz CT molecular complexity index is 843. The molecular formula is C18H14N2OS2. The third-order valence-electron chi connectivity index (χ3n) is 3.47. The van der Waals surface area contributed by atoms with Gasteiger partial charge in [0.15, 0.2) is 0 Å². The number of aliphatic imine (C=N–C) groups is 1. The third-order valence-corrected chi connectivity index (χ3v) is 5.75. The zero-order chi connectivity index (χ0) is 15.5. The van der Waals surface area contributed by atoms with Gasteiger partial charge in [-0.15, -0.1) is 0 Å². The molecule has 5 heteroatoms. The third kappa shape index (κ3) is 3.35. The molecule has 0 unspecified atom stereocenters. The van der Waals surface area contributed by atoms with Crippen molar-refractivity contribution in [2.45, 2.75) is 11.5 Å². The van der Waals surface area contributed by atoms with Gasteiger partial charge in [-0.05, 0) is 23.8 Å². The predicted molar refractivity (Wildman–Crippen MR) is 98.1 cm³/mol. The van der Waals surface area contributed by atoms with Gasteiger partial charge in [-0.1, -0.05) is 59.9 Å². The van der Waals surface area contributed by atoms with Gasteiger partial charge < -0.3 is 4.42 Å². The van der Waals surface area contributed by atoms with Gasteiger partial charge in [0.05, 0.1) is 11.4 Å². The van der Waals surface area contributed by atoms with Crippen LogP contribution in [0.15, 0.2) is 70.3 Å². The van der Waals surface area contributed by atoms with E-state index in [1.165, 1.54) is 5.56 Å². The Hall–Kier alpha value is -1.98. The lowest BCUT2D eigenvalue weighted by Crippen LogP contribution is -1.96. The molecule has 0 aliphatic carbocycles. The summed E-state index contributed by atoms with van der Waals surface area (Å²) < 4.78 is 6.67. The summed E-state index contributed by atoms with van der Waals surface area (Å²) in [7, 11) is 0. The summed E-state index contributed by atoms with van der Waals surface area (Å²) in [6.45, 7) is 0. The summed E-state index contributed by atoms with van der Waals surface area (Å²) in [5, 5.41) is 0. The molecule has 4 rings (SSSR count). The Labute approximate surface area is 143 Å². The number of benzene rings is 2. The minimum Gasteiger partial charge on any atom is -0.444 e. The normalized spacial score (nSPS) is 13.5. The lowest BCUT2D eigenvalue weighted by Gasteiger charge is -2.13. The zero-order valence-electron chi connectivity index (χ0n) is 12.3. The van der Waals surface area contributed by atoms with Crippen molar-refractivity contribution in [3.63, 3.8) is 0 Å². The van der Waals surface area contributed by atoms with Crippen LogP contribution < -0.4 is 0 Å². The number of nitrogens with zero attached hydrogens (tertiary/aromatic N) is 2. The molecule has 1 aliphatic rings. The van der Waals surface area contributed by atoms with Crippen LogP contribution in [0.3, 0.4) is 0 Å². The van der Waals surface area contributed by atoms with Crippen LogP contribution in [0.2, 0.25) is 0 Å². The molecule has 0 bridgehead atoms. The molecule has 0 saturated carbocycles. The van der Waals surface area contributed by atoms with Gasteiger partial charge in [0, 0.05) is 17.1 Å². The molecule has 3 aromatic rings. The zero-order valence-corrected chi connectivity index (χ0v) is 13.9. The van der Waals surface area contributed by atoms with E-state index in [2.05, 4.69) is 23.2 Å². The maximum Gasteiger partial charge on any atom is 0.226 e. The largest absolute Gasteiger partial charge is 0.444 e. The first-order valence-electron chi connectivity index (χ1n) is 7.30. The average molecular weight is 338 g/mol. The Morgan fingerprint density at radius 3 is 2.78 bits per heavy atom. The second-order valence-corrected chi connectivity index (χ2v) is 7.28. The molecule has 1 aromatic heterocycles. The van der Waals surface area contributed by atoms with Crippen molar-refractivity contribution in [3.05, 3.63) is 72.1 Å². The summed E-state index contributed by atoms with van der Waals surface area (Å²) in [5.41, 5.74) is 4.33. The highest BCUT2D eigenvalue weighted by Crippen LogP contribution is 2.35. The van der Waals surface area contributed by atoms with E-state index in [9.17, 15) is 0 Å². The van der Waals surface area contributed by atoms with Gasteiger partial charge in [0.25, 0.3) is 0 Å². The second kappa shape index (κ2) is 6.64. The number of hydrogen-bond acceptors (Lipinski definition) is 5. The molecule has 1 aliphatic heterocycles. The maximum atomic E-state index is 5.58. The van der Waals surface area contributed by atoms with Crippen LogP contribution in [0.4, 0.5) is 5.69 Å². The van der Waals surface area contributed by atoms with E-state index in [1.807, 2.05) is 36.4 Å². The van der Waals surface area contributed by atoms with Gasteiger partial charge in [-0.25, -0.2) is 9.98 Å². The van der Waals surface area contributed by atoms with Crippen LogP contribution in [0, 0.1) is 0 Å². The highest BCUT2D eigenvalue weighted by Gasteiger charge is 2.14. The lowest BCUT2D eigenvalue weighted by atomic mass is 10.2. The molecule has 0 fully saturated rings. The molecule has 3 nitrogen and oxygen atoms in total. The maximum absolute atomic E-state index is 5.58. The van der Waals surface area contributed by atoms with Crippen molar-refractivity contribution in [2.75, 3.05) is 0 Å². The minimum atomic E-state index is 0.671. The first kappa shape index (κ1) is 14.6. The van der Waals surface area contributed by atoms with E-state index in [4.69, 9.17) is 9.41 Å². The average Bonchev–Trinajstić information content (AvgIpc) is 3.10. The fourth-order valence-electron chi connectivity index (χ4n) is 2.31. The van der Waals surface area contributed by atoms with Crippen molar-refractivity contribution in [2.24, 2.45) is 4.99 Å².